The molecule has 324 valence electrons. The van der Waals surface area contributed by atoms with E-state index >= 15 is 0 Å². The van der Waals surface area contributed by atoms with Crippen molar-refractivity contribution in [1.82, 2.24) is 25.2 Å². The molecule has 2 aromatic rings. The highest BCUT2D eigenvalue weighted by atomic mass is 32.2. The van der Waals surface area contributed by atoms with Crippen molar-refractivity contribution in [3.05, 3.63) is 42.4 Å². The van der Waals surface area contributed by atoms with Gasteiger partial charge in [0.25, 0.3) is 11.8 Å². The number of hydrogen-bond acceptors (Lipinski definition) is 10. The van der Waals surface area contributed by atoms with Crippen LogP contribution in [0.3, 0.4) is 0 Å². The first-order chi connectivity index (χ1) is 27.5. The number of fused-ring (bicyclic) bond motifs is 3. The monoisotopic (exact) mass is 849 g/mol. The van der Waals surface area contributed by atoms with Gasteiger partial charge in [-0.25, -0.2) is 31.4 Å². The highest BCUT2D eigenvalue weighted by Gasteiger charge is 2.63. The Kier molecular flexibility index (Phi) is 12.0. The molecule has 1 aromatic heterocycles. The lowest BCUT2D eigenvalue weighted by Gasteiger charge is -2.35. The molecule has 3 N–H and O–H groups in total. The predicted molar refractivity (Wildman–Crippen MR) is 211 cm³/mol. The Bertz CT molecular complexity index is 2130. The summed E-state index contributed by atoms with van der Waals surface area (Å²) in [4.78, 5) is 62.4. The zero-order valence-electron chi connectivity index (χ0n) is 34.4. The maximum absolute atomic E-state index is 15.0. The van der Waals surface area contributed by atoms with E-state index in [0.29, 0.717) is 56.6 Å². The minimum absolute atomic E-state index is 0.00371. The Balaban J connectivity index is 1.38. The van der Waals surface area contributed by atoms with Crippen LogP contribution in [0.2, 0.25) is 0 Å². The Morgan fingerprint density at radius 3 is 2.47 bits per heavy atom. The number of rotatable bonds is 10. The number of hydrogen-bond donors (Lipinski definition) is 3. The van der Waals surface area contributed by atoms with Crippen molar-refractivity contribution in [2.45, 2.75) is 133 Å². The molecule has 0 spiro atoms. The number of amides is 4. The normalized spacial score (nSPS) is 29.2. The van der Waals surface area contributed by atoms with E-state index in [0.717, 1.165) is 13.8 Å². The lowest BCUT2D eigenvalue weighted by molar-refractivity contribution is -0.152. The van der Waals surface area contributed by atoms with Crippen molar-refractivity contribution >= 4 is 44.6 Å². The van der Waals surface area contributed by atoms with Crippen LogP contribution in [-0.4, -0.2) is 95.8 Å². The van der Waals surface area contributed by atoms with Gasteiger partial charge in [0.2, 0.25) is 27.7 Å². The average Bonchev–Trinajstić information content (AvgIpc) is 4.03. The predicted octanol–water partition coefficient (Wildman–Crippen LogP) is 5.54. The van der Waals surface area contributed by atoms with E-state index in [4.69, 9.17) is 14.2 Å². The molecule has 7 atom stereocenters. The van der Waals surface area contributed by atoms with Gasteiger partial charge in [-0.05, 0) is 89.3 Å². The number of alkyl halides is 2. The van der Waals surface area contributed by atoms with Crippen molar-refractivity contribution in [1.29, 1.82) is 0 Å². The molecule has 4 amide bonds. The first-order valence-corrected chi connectivity index (χ1v) is 21.5. The van der Waals surface area contributed by atoms with Crippen molar-refractivity contribution in [3.8, 4) is 11.6 Å². The van der Waals surface area contributed by atoms with Gasteiger partial charge in [-0.15, -0.1) is 0 Å². The molecule has 0 unspecified atom stereocenters. The number of allylic oxidation sites excluding steroid dienone is 1. The lowest BCUT2D eigenvalue weighted by atomic mass is 9.85. The molecular formula is C41H54F3N5O9S. The molecule has 0 bridgehead atoms. The number of halogens is 3. The van der Waals surface area contributed by atoms with Gasteiger partial charge in [0.1, 0.15) is 35.3 Å². The number of aromatic nitrogens is 1. The topological polar surface area (TPSA) is 182 Å². The summed E-state index contributed by atoms with van der Waals surface area (Å²) in [7, 11) is -2.65. The molecular weight excluding hydrogens is 796 g/mol. The Hall–Kier alpha value is -4.61. The summed E-state index contributed by atoms with van der Waals surface area (Å²) in [5.74, 6) is -7.18. The summed E-state index contributed by atoms with van der Waals surface area (Å²) >= 11 is 0. The van der Waals surface area contributed by atoms with Crippen molar-refractivity contribution in [2.24, 2.45) is 17.8 Å². The number of pyridine rings is 1. The summed E-state index contributed by atoms with van der Waals surface area (Å²) in [6.07, 6.45) is 5.57. The largest absolute Gasteiger partial charge is 0.494 e. The van der Waals surface area contributed by atoms with E-state index in [9.17, 15) is 40.8 Å². The molecule has 4 aliphatic rings. The van der Waals surface area contributed by atoms with Gasteiger partial charge in [0.05, 0.1) is 30.0 Å². The SMILES string of the molecule is CC[C@@H]1C[C@H](C)CC/C=C\[C@@H]2C[C@@]2(C(=O)NS(=O)(=O)C2(C)CC2)NC(=O)[C@@H]2C[C@@H](Oc3ncc(OC)c4ccc(F)cc34)CN2C(=O)[C@H]1NC(=O)OC(C)(C)C(C)(F)F. The second-order valence-corrected chi connectivity index (χ2v) is 19.6. The molecule has 1 saturated heterocycles. The van der Waals surface area contributed by atoms with Gasteiger partial charge in [-0.1, -0.05) is 32.4 Å². The number of nitrogens with zero attached hydrogens (tertiary/aromatic N) is 2. The van der Waals surface area contributed by atoms with Crippen LogP contribution in [0.5, 0.6) is 11.6 Å². The maximum Gasteiger partial charge on any atom is 0.408 e. The number of methoxy groups -OCH3 is 1. The summed E-state index contributed by atoms with van der Waals surface area (Å²) in [5, 5.41) is 6.11. The molecule has 3 heterocycles. The quantitative estimate of drug-likeness (QED) is 0.257. The van der Waals surface area contributed by atoms with E-state index in [2.05, 4.69) is 20.3 Å². The molecule has 3 fully saturated rings. The number of benzene rings is 1. The van der Waals surface area contributed by atoms with Gasteiger partial charge >= 0.3 is 6.09 Å². The Morgan fingerprint density at radius 2 is 1.83 bits per heavy atom. The van der Waals surface area contributed by atoms with Crippen LogP contribution >= 0.6 is 0 Å². The zero-order valence-corrected chi connectivity index (χ0v) is 35.2. The molecule has 18 heteroatoms. The van der Waals surface area contributed by atoms with E-state index in [1.807, 2.05) is 19.9 Å². The zero-order chi connectivity index (χ0) is 43.3. The highest BCUT2D eigenvalue weighted by molar-refractivity contribution is 7.91. The average molecular weight is 850 g/mol. The third-order valence-electron chi connectivity index (χ3n) is 12.6. The van der Waals surface area contributed by atoms with Crippen LogP contribution in [0.15, 0.2) is 36.5 Å². The third-order valence-corrected chi connectivity index (χ3v) is 14.7. The van der Waals surface area contributed by atoms with Crippen LogP contribution in [0.4, 0.5) is 18.0 Å². The van der Waals surface area contributed by atoms with Gasteiger partial charge < -0.3 is 29.7 Å². The molecule has 1 aromatic carbocycles. The van der Waals surface area contributed by atoms with Crippen molar-refractivity contribution in [3.63, 3.8) is 0 Å². The van der Waals surface area contributed by atoms with Crippen LogP contribution < -0.4 is 24.8 Å². The number of alkyl carbamates (subject to hydrolysis) is 1. The van der Waals surface area contributed by atoms with Gasteiger partial charge in [0, 0.05) is 24.6 Å². The minimum atomic E-state index is -4.08. The fourth-order valence-corrected chi connectivity index (χ4v) is 9.18. The molecule has 0 radical (unpaired) electrons. The number of carbonyl (C=O) groups excluding carboxylic acids is 4. The van der Waals surface area contributed by atoms with Crippen molar-refractivity contribution < 1.29 is 55.0 Å². The lowest BCUT2D eigenvalue weighted by Crippen LogP contribution is -2.60. The number of nitrogens with one attached hydrogen (secondary N) is 3. The van der Waals surface area contributed by atoms with Gasteiger partial charge in [-0.3, -0.25) is 19.1 Å². The Morgan fingerprint density at radius 1 is 1.12 bits per heavy atom. The van der Waals surface area contributed by atoms with Crippen LogP contribution in [0, 0.1) is 23.6 Å². The van der Waals surface area contributed by atoms with E-state index in [-0.39, 0.29) is 36.6 Å². The molecule has 2 aliphatic carbocycles. The first kappa shape index (κ1) is 44.0. The van der Waals surface area contributed by atoms with E-state index < -0.39 is 91.5 Å². The number of sulfonamides is 1. The van der Waals surface area contributed by atoms with Crippen LogP contribution in [0.25, 0.3) is 10.8 Å². The molecule has 2 aliphatic heterocycles. The Labute approximate surface area is 342 Å². The molecule has 2 saturated carbocycles. The maximum atomic E-state index is 15.0. The summed E-state index contributed by atoms with van der Waals surface area (Å²) in [5.41, 5.74) is -3.90. The van der Waals surface area contributed by atoms with E-state index in [1.54, 1.807) is 6.08 Å². The van der Waals surface area contributed by atoms with E-state index in [1.165, 1.54) is 43.3 Å². The number of carbonyl (C=O) groups is 4. The molecule has 59 heavy (non-hydrogen) atoms. The van der Waals surface area contributed by atoms with Crippen molar-refractivity contribution in [2.75, 3.05) is 13.7 Å². The standard InChI is InChI=1S/C41H54F3N5O9S/c1-8-24-17-23(2)11-9-10-12-25-20-41(25,36(52)48-59(54,55)39(5)15-16-39)47-33(50)30-19-27(57-34-29-18-26(42)13-14-28(29)31(56-7)21-45-34)22-49(30)35(51)32(24)46-37(53)58-38(3,4)40(6,43)44/h10,12-14,18,21,23-25,27,30,32H,8-9,11,15-17,19-20,22H2,1-7H3,(H,46,53)(H,47,50)(H,48,52)/b12-10-/t23-,24-,25-,27-,30+,32+,41-/m1/s1. The summed E-state index contributed by atoms with van der Waals surface area (Å²) in [6.45, 7) is 7.82. The second kappa shape index (κ2) is 16.1. The molecule has 14 nitrogen and oxygen atoms in total. The highest BCUT2D eigenvalue weighted by Crippen LogP contribution is 2.48. The van der Waals surface area contributed by atoms with Gasteiger partial charge in [0.15, 0.2) is 5.60 Å². The number of ether oxygens (including phenoxy) is 3. The third kappa shape index (κ3) is 8.97. The fraction of sp³-hybridized carbons (Fsp3) is 0.634. The smallest absolute Gasteiger partial charge is 0.408 e. The van der Waals surface area contributed by atoms with Crippen LogP contribution in [0.1, 0.15) is 92.9 Å². The fourth-order valence-electron chi connectivity index (χ4n) is 7.87. The summed E-state index contributed by atoms with van der Waals surface area (Å²) < 4.78 is 87.9. The second-order valence-electron chi connectivity index (χ2n) is 17.4. The minimum Gasteiger partial charge on any atom is -0.494 e. The van der Waals surface area contributed by atoms with Crippen LogP contribution in [-0.2, 0) is 29.1 Å². The molecule has 6 rings (SSSR count). The first-order valence-electron chi connectivity index (χ1n) is 20.1. The summed E-state index contributed by atoms with van der Waals surface area (Å²) in [6, 6.07) is 1.27. The van der Waals surface area contributed by atoms with Gasteiger partial charge in [-0.2, -0.15) is 0 Å².